The van der Waals surface area contributed by atoms with Gasteiger partial charge in [0, 0.05) is 43.2 Å². The van der Waals surface area contributed by atoms with Crippen molar-refractivity contribution in [2.24, 2.45) is 0 Å². The first kappa shape index (κ1) is 22.2. The van der Waals surface area contributed by atoms with Crippen LogP contribution in [0, 0.1) is 0 Å². The van der Waals surface area contributed by atoms with E-state index in [4.69, 9.17) is 0 Å². The molecule has 3 aromatic rings. The van der Waals surface area contributed by atoms with Crippen LogP contribution in [0.3, 0.4) is 0 Å². The standard InChI is InChI=1S/C26H31N3O3S/c30-26(11-14-27-33(31,32)23-10-9-19-5-1-2-6-21(19)17-23)29-15-12-20(13-16-29)25-18-22-7-3-4-8-24(22)28-25/h3-4,7-10,17-18,20,27-28H,1-2,5-6,11-16H2. The average Bonchev–Trinajstić information content (AvgIpc) is 3.28. The Morgan fingerprint density at radius 3 is 2.55 bits per heavy atom. The number of nitrogens with zero attached hydrogens (tertiary/aromatic N) is 1. The van der Waals surface area contributed by atoms with E-state index in [1.165, 1.54) is 23.1 Å². The van der Waals surface area contributed by atoms with E-state index >= 15 is 0 Å². The lowest BCUT2D eigenvalue weighted by Crippen LogP contribution is -2.39. The van der Waals surface area contributed by atoms with Crippen molar-refractivity contribution in [2.45, 2.75) is 55.8 Å². The summed E-state index contributed by atoms with van der Waals surface area (Å²) < 4.78 is 28.0. The van der Waals surface area contributed by atoms with Crippen molar-refractivity contribution >= 4 is 26.8 Å². The van der Waals surface area contributed by atoms with E-state index < -0.39 is 10.0 Å². The second-order valence-corrected chi connectivity index (χ2v) is 11.0. The first-order valence-corrected chi connectivity index (χ1v) is 13.4. The van der Waals surface area contributed by atoms with Crippen molar-refractivity contribution in [1.82, 2.24) is 14.6 Å². The van der Waals surface area contributed by atoms with Crippen molar-refractivity contribution in [2.75, 3.05) is 19.6 Å². The summed E-state index contributed by atoms with van der Waals surface area (Å²) in [5, 5.41) is 1.22. The van der Waals surface area contributed by atoms with E-state index in [2.05, 4.69) is 27.9 Å². The predicted molar refractivity (Wildman–Crippen MR) is 130 cm³/mol. The first-order valence-electron chi connectivity index (χ1n) is 12.0. The third kappa shape index (κ3) is 4.84. The number of hydrogen-bond donors (Lipinski definition) is 2. The van der Waals surface area contributed by atoms with Gasteiger partial charge in [0.25, 0.3) is 0 Å². The Morgan fingerprint density at radius 2 is 1.76 bits per heavy atom. The molecule has 0 spiro atoms. The van der Waals surface area contributed by atoms with Crippen LogP contribution in [0.5, 0.6) is 0 Å². The van der Waals surface area contributed by atoms with Gasteiger partial charge in [-0.2, -0.15) is 0 Å². The molecular weight excluding hydrogens is 434 g/mol. The van der Waals surface area contributed by atoms with Crippen molar-refractivity contribution < 1.29 is 13.2 Å². The normalized spacial score (nSPS) is 17.3. The largest absolute Gasteiger partial charge is 0.358 e. The van der Waals surface area contributed by atoms with E-state index in [9.17, 15) is 13.2 Å². The number of nitrogens with one attached hydrogen (secondary N) is 2. The Bertz CT molecular complexity index is 1220. The number of aromatic amines is 1. The minimum absolute atomic E-state index is 0.0123. The van der Waals surface area contributed by atoms with Crippen LogP contribution < -0.4 is 4.72 Å². The van der Waals surface area contributed by atoms with Crippen LogP contribution in [0.4, 0.5) is 0 Å². The second-order valence-electron chi connectivity index (χ2n) is 9.25. The smallest absolute Gasteiger partial charge is 0.240 e. The SMILES string of the molecule is O=C(CCNS(=O)(=O)c1ccc2c(c1)CCCC2)N1CCC(c2cc3ccccc3[nH]2)CC1. The quantitative estimate of drug-likeness (QED) is 0.575. The van der Waals surface area contributed by atoms with Crippen molar-refractivity contribution in [3.05, 3.63) is 65.4 Å². The number of carbonyl (C=O) groups excluding carboxylic acids is 1. The van der Waals surface area contributed by atoms with Gasteiger partial charge in [0.1, 0.15) is 0 Å². The predicted octanol–water partition coefficient (Wildman–Crippen LogP) is 4.12. The lowest BCUT2D eigenvalue weighted by atomic mass is 9.92. The Hall–Kier alpha value is -2.64. The maximum absolute atomic E-state index is 12.7. The van der Waals surface area contributed by atoms with E-state index in [1.54, 1.807) is 12.1 Å². The van der Waals surface area contributed by atoms with Crippen LogP contribution in [-0.2, 0) is 27.7 Å². The van der Waals surface area contributed by atoms with Crippen LogP contribution in [0.15, 0.2) is 53.4 Å². The molecule has 2 aliphatic rings. The van der Waals surface area contributed by atoms with Gasteiger partial charge in [0.15, 0.2) is 0 Å². The van der Waals surface area contributed by atoms with E-state index in [-0.39, 0.29) is 18.9 Å². The topological polar surface area (TPSA) is 82.3 Å². The van der Waals surface area contributed by atoms with Gasteiger partial charge >= 0.3 is 0 Å². The molecule has 7 heteroatoms. The fourth-order valence-corrected chi connectivity index (χ4v) is 6.25. The molecule has 1 saturated heterocycles. The molecule has 0 radical (unpaired) electrons. The summed E-state index contributed by atoms with van der Waals surface area (Å²) in [6.07, 6.45) is 6.24. The van der Waals surface area contributed by atoms with Crippen molar-refractivity contribution in [3.63, 3.8) is 0 Å². The minimum Gasteiger partial charge on any atom is -0.358 e. The number of para-hydroxylation sites is 1. The number of rotatable bonds is 6. The Labute approximate surface area is 195 Å². The third-order valence-electron chi connectivity index (χ3n) is 7.10. The van der Waals surface area contributed by atoms with E-state index in [1.807, 2.05) is 23.1 Å². The number of piperidine rings is 1. The molecule has 174 valence electrons. The van der Waals surface area contributed by atoms with Gasteiger partial charge in [-0.3, -0.25) is 4.79 Å². The molecule has 2 aromatic carbocycles. The minimum atomic E-state index is -3.60. The third-order valence-corrected chi connectivity index (χ3v) is 8.56. The highest BCUT2D eigenvalue weighted by Gasteiger charge is 2.25. The number of carbonyl (C=O) groups is 1. The van der Waals surface area contributed by atoms with Gasteiger partial charge in [-0.25, -0.2) is 13.1 Å². The zero-order chi connectivity index (χ0) is 22.8. The fourth-order valence-electron chi connectivity index (χ4n) is 5.17. The molecule has 0 saturated carbocycles. The van der Waals surface area contributed by atoms with Gasteiger partial charge < -0.3 is 9.88 Å². The number of sulfonamides is 1. The van der Waals surface area contributed by atoms with E-state index in [0.717, 1.165) is 43.2 Å². The van der Waals surface area contributed by atoms with Gasteiger partial charge in [-0.05, 0) is 79.3 Å². The summed E-state index contributed by atoms with van der Waals surface area (Å²) in [6, 6.07) is 15.9. The Kier molecular flexibility index (Phi) is 6.25. The van der Waals surface area contributed by atoms with Gasteiger partial charge in [0.05, 0.1) is 4.90 Å². The van der Waals surface area contributed by atoms with Crippen molar-refractivity contribution in [3.8, 4) is 0 Å². The number of likely N-dealkylation sites (tertiary alicyclic amines) is 1. The summed E-state index contributed by atoms with van der Waals surface area (Å²) >= 11 is 0. The number of aromatic nitrogens is 1. The highest BCUT2D eigenvalue weighted by atomic mass is 32.2. The molecule has 0 bridgehead atoms. The number of amides is 1. The lowest BCUT2D eigenvalue weighted by Gasteiger charge is -2.31. The maximum Gasteiger partial charge on any atom is 0.240 e. The second kappa shape index (κ2) is 9.31. The highest BCUT2D eigenvalue weighted by molar-refractivity contribution is 7.89. The molecule has 2 N–H and O–H groups in total. The summed E-state index contributed by atoms with van der Waals surface area (Å²) in [5.74, 6) is 0.433. The number of H-pyrrole nitrogens is 1. The molecular formula is C26H31N3O3S. The Morgan fingerprint density at radius 1 is 1.00 bits per heavy atom. The van der Waals surface area contributed by atoms with Gasteiger partial charge in [0.2, 0.25) is 15.9 Å². The molecule has 0 unspecified atom stereocenters. The first-order chi connectivity index (χ1) is 16.0. The van der Waals surface area contributed by atoms with Crippen LogP contribution in [0.25, 0.3) is 10.9 Å². The summed E-state index contributed by atoms with van der Waals surface area (Å²) in [5.41, 5.74) is 4.78. The summed E-state index contributed by atoms with van der Waals surface area (Å²) in [4.78, 5) is 18.4. The molecule has 2 heterocycles. The number of aryl methyl sites for hydroxylation is 2. The number of hydrogen-bond acceptors (Lipinski definition) is 3. The molecule has 1 aromatic heterocycles. The van der Waals surface area contributed by atoms with Crippen LogP contribution in [-0.4, -0.2) is 43.8 Å². The lowest BCUT2D eigenvalue weighted by molar-refractivity contribution is -0.132. The van der Waals surface area contributed by atoms with Crippen LogP contribution in [0.2, 0.25) is 0 Å². The van der Waals surface area contributed by atoms with Crippen LogP contribution in [0.1, 0.15) is 54.8 Å². The van der Waals surface area contributed by atoms with Gasteiger partial charge in [-0.1, -0.05) is 24.3 Å². The molecule has 6 nitrogen and oxygen atoms in total. The Balaban J connectivity index is 1.12. The molecule has 1 amide bonds. The molecule has 33 heavy (non-hydrogen) atoms. The van der Waals surface area contributed by atoms with Crippen molar-refractivity contribution in [1.29, 1.82) is 0 Å². The molecule has 1 aliphatic heterocycles. The zero-order valence-corrected chi connectivity index (χ0v) is 19.7. The van der Waals surface area contributed by atoms with E-state index in [0.29, 0.717) is 23.9 Å². The molecule has 0 atom stereocenters. The summed E-state index contributed by atoms with van der Waals surface area (Å²) in [7, 11) is -3.60. The number of benzene rings is 2. The molecule has 1 fully saturated rings. The fraction of sp³-hybridized carbons (Fsp3) is 0.423. The molecule has 5 rings (SSSR count). The molecule has 1 aliphatic carbocycles. The average molecular weight is 466 g/mol. The van der Waals surface area contributed by atoms with Crippen LogP contribution >= 0.6 is 0 Å². The monoisotopic (exact) mass is 465 g/mol. The maximum atomic E-state index is 12.7. The number of fused-ring (bicyclic) bond motifs is 2. The highest BCUT2D eigenvalue weighted by Crippen LogP contribution is 2.30. The van der Waals surface area contributed by atoms with Gasteiger partial charge in [-0.15, -0.1) is 0 Å². The summed E-state index contributed by atoms with van der Waals surface area (Å²) in [6.45, 7) is 1.53. The zero-order valence-electron chi connectivity index (χ0n) is 18.8.